The molecule has 0 aliphatic carbocycles. The fourth-order valence-electron chi connectivity index (χ4n) is 1.98. The van der Waals surface area contributed by atoms with Crippen LogP contribution in [0.25, 0.3) is 10.8 Å². The van der Waals surface area contributed by atoms with E-state index >= 15 is 0 Å². The van der Waals surface area contributed by atoms with Crippen LogP contribution in [0.2, 0.25) is 0 Å². The average molecular weight is 236 g/mol. The Morgan fingerprint density at radius 3 is 2.38 bits per heavy atom. The van der Waals surface area contributed by atoms with Crippen molar-refractivity contribution in [2.45, 2.75) is 18.7 Å². The van der Waals surface area contributed by atoms with Gasteiger partial charge in [0.2, 0.25) is 0 Å². The highest BCUT2D eigenvalue weighted by Crippen LogP contribution is 2.25. The van der Waals surface area contributed by atoms with E-state index in [1.165, 1.54) is 12.1 Å². The Morgan fingerprint density at radius 1 is 1.06 bits per heavy atom. The summed E-state index contributed by atoms with van der Waals surface area (Å²) in [5, 5.41) is 1.86. The van der Waals surface area contributed by atoms with Gasteiger partial charge in [-0.2, -0.15) is 8.42 Å². The molecule has 0 saturated heterocycles. The lowest BCUT2D eigenvalue weighted by Crippen LogP contribution is -1.99. The third-order valence-electron chi connectivity index (χ3n) is 2.65. The van der Waals surface area contributed by atoms with Crippen molar-refractivity contribution in [1.82, 2.24) is 0 Å². The van der Waals surface area contributed by atoms with Gasteiger partial charge in [-0.05, 0) is 47.9 Å². The maximum atomic E-state index is 11.1. The van der Waals surface area contributed by atoms with E-state index in [1.807, 2.05) is 32.0 Å². The summed E-state index contributed by atoms with van der Waals surface area (Å²) in [5.74, 6) is 0. The molecule has 0 amide bonds. The third kappa shape index (κ3) is 1.81. The minimum Gasteiger partial charge on any atom is -0.282 e. The van der Waals surface area contributed by atoms with Crippen molar-refractivity contribution in [3.8, 4) is 0 Å². The predicted octanol–water partition coefficient (Wildman–Crippen LogP) is 2.70. The molecule has 0 bridgehead atoms. The summed E-state index contributed by atoms with van der Waals surface area (Å²) in [4.78, 5) is -0.0527. The van der Waals surface area contributed by atoms with Crippen molar-refractivity contribution in [3.63, 3.8) is 0 Å². The van der Waals surface area contributed by atoms with E-state index in [2.05, 4.69) is 0 Å². The molecule has 0 radical (unpaired) electrons. The second kappa shape index (κ2) is 3.57. The van der Waals surface area contributed by atoms with Gasteiger partial charge in [-0.15, -0.1) is 0 Å². The second-order valence-electron chi connectivity index (χ2n) is 3.89. The number of rotatable bonds is 1. The van der Waals surface area contributed by atoms with Crippen LogP contribution in [0, 0.1) is 13.8 Å². The standard InChI is InChI=1S/C12H12O3S/c1-8-4-3-5-10-7-11(16(13,14)15)6-9(2)12(8)10/h3-7H,1-2H3,(H,13,14,15). The lowest BCUT2D eigenvalue weighted by atomic mass is 10.0. The zero-order valence-corrected chi connectivity index (χ0v) is 9.88. The van der Waals surface area contributed by atoms with Gasteiger partial charge in [0.1, 0.15) is 0 Å². The topological polar surface area (TPSA) is 54.4 Å². The van der Waals surface area contributed by atoms with Crippen molar-refractivity contribution in [2.75, 3.05) is 0 Å². The SMILES string of the molecule is Cc1cccc2cc(S(=O)(=O)O)cc(C)c12. The molecule has 0 fully saturated rings. The monoisotopic (exact) mass is 236 g/mol. The summed E-state index contributed by atoms with van der Waals surface area (Å²) in [5.41, 5.74) is 1.94. The van der Waals surface area contributed by atoms with Crippen molar-refractivity contribution in [2.24, 2.45) is 0 Å². The maximum Gasteiger partial charge on any atom is 0.294 e. The van der Waals surface area contributed by atoms with Crippen molar-refractivity contribution in [1.29, 1.82) is 0 Å². The zero-order chi connectivity index (χ0) is 11.9. The minimum absolute atomic E-state index is 0.0527. The van der Waals surface area contributed by atoms with Gasteiger partial charge >= 0.3 is 0 Å². The van der Waals surface area contributed by atoms with Crippen LogP contribution in [0.4, 0.5) is 0 Å². The summed E-state index contributed by atoms with van der Waals surface area (Å²) in [6, 6.07) is 8.66. The molecule has 2 rings (SSSR count). The lowest BCUT2D eigenvalue weighted by molar-refractivity contribution is 0.483. The molecule has 0 atom stereocenters. The summed E-state index contributed by atoms with van der Waals surface area (Å²) >= 11 is 0. The van der Waals surface area contributed by atoms with Crippen molar-refractivity contribution >= 4 is 20.9 Å². The van der Waals surface area contributed by atoms with Gasteiger partial charge in [-0.1, -0.05) is 18.2 Å². The Labute approximate surface area is 94.5 Å². The first-order chi connectivity index (χ1) is 7.39. The van der Waals surface area contributed by atoms with Crippen LogP contribution >= 0.6 is 0 Å². The summed E-state index contributed by atoms with van der Waals surface area (Å²) in [7, 11) is -4.13. The van der Waals surface area contributed by atoms with Gasteiger partial charge in [0.25, 0.3) is 10.1 Å². The molecular formula is C12H12O3S. The minimum atomic E-state index is -4.13. The van der Waals surface area contributed by atoms with Gasteiger partial charge in [0.15, 0.2) is 0 Å². The molecule has 0 aliphatic rings. The number of hydrogen-bond donors (Lipinski definition) is 1. The van der Waals surface area contributed by atoms with Crippen LogP contribution in [0.5, 0.6) is 0 Å². The summed E-state index contributed by atoms with van der Waals surface area (Å²) in [6.07, 6.45) is 0. The molecule has 1 N–H and O–H groups in total. The highest BCUT2D eigenvalue weighted by Gasteiger charge is 2.12. The van der Waals surface area contributed by atoms with E-state index < -0.39 is 10.1 Å². The first kappa shape index (κ1) is 11.1. The average Bonchev–Trinajstić information content (AvgIpc) is 2.15. The Hall–Kier alpha value is -1.39. The van der Waals surface area contributed by atoms with Crippen LogP contribution in [0.1, 0.15) is 11.1 Å². The van der Waals surface area contributed by atoms with Gasteiger partial charge in [-0.3, -0.25) is 4.55 Å². The Morgan fingerprint density at radius 2 is 1.75 bits per heavy atom. The quantitative estimate of drug-likeness (QED) is 0.774. The molecule has 3 nitrogen and oxygen atoms in total. The zero-order valence-electron chi connectivity index (χ0n) is 9.06. The van der Waals surface area contributed by atoms with E-state index in [-0.39, 0.29) is 4.90 Å². The molecule has 0 saturated carbocycles. The molecule has 0 aliphatic heterocycles. The molecule has 0 heterocycles. The molecule has 4 heteroatoms. The molecule has 0 unspecified atom stereocenters. The number of aryl methyl sites for hydroxylation is 2. The normalized spacial score (nSPS) is 11.9. The van der Waals surface area contributed by atoms with Crippen LogP contribution in [0.15, 0.2) is 35.2 Å². The van der Waals surface area contributed by atoms with Crippen molar-refractivity contribution in [3.05, 3.63) is 41.5 Å². The van der Waals surface area contributed by atoms with Gasteiger partial charge in [0, 0.05) is 0 Å². The van der Waals surface area contributed by atoms with Crippen LogP contribution in [-0.4, -0.2) is 13.0 Å². The van der Waals surface area contributed by atoms with E-state index in [1.54, 1.807) is 0 Å². The van der Waals surface area contributed by atoms with Crippen LogP contribution in [0.3, 0.4) is 0 Å². The van der Waals surface area contributed by atoms with Crippen molar-refractivity contribution < 1.29 is 13.0 Å². The molecule has 0 spiro atoms. The number of benzene rings is 2. The Balaban J connectivity index is 2.89. The smallest absolute Gasteiger partial charge is 0.282 e. The number of hydrogen-bond acceptors (Lipinski definition) is 2. The number of fused-ring (bicyclic) bond motifs is 1. The van der Waals surface area contributed by atoms with E-state index in [9.17, 15) is 8.42 Å². The Bertz CT molecular complexity index is 657. The molecule has 84 valence electrons. The molecule has 16 heavy (non-hydrogen) atoms. The summed E-state index contributed by atoms with van der Waals surface area (Å²) in [6.45, 7) is 3.81. The van der Waals surface area contributed by atoms with E-state index in [0.29, 0.717) is 0 Å². The largest absolute Gasteiger partial charge is 0.294 e. The van der Waals surface area contributed by atoms with Gasteiger partial charge in [0.05, 0.1) is 4.90 Å². The first-order valence-corrected chi connectivity index (χ1v) is 6.31. The highest BCUT2D eigenvalue weighted by molar-refractivity contribution is 7.85. The molecular weight excluding hydrogens is 224 g/mol. The first-order valence-electron chi connectivity index (χ1n) is 4.87. The van der Waals surface area contributed by atoms with Gasteiger partial charge < -0.3 is 0 Å². The molecule has 2 aromatic rings. The highest BCUT2D eigenvalue weighted by atomic mass is 32.2. The fraction of sp³-hybridized carbons (Fsp3) is 0.167. The second-order valence-corrected chi connectivity index (χ2v) is 5.31. The predicted molar refractivity (Wildman–Crippen MR) is 63.2 cm³/mol. The molecule has 0 aromatic heterocycles. The van der Waals surface area contributed by atoms with Crippen LogP contribution in [-0.2, 0) is 10.1 Å². The third-order valence-corrected chi connectivity index (χ3v) is 3.49. The fourth-order valence-corrected chi connectivity index (χ4v) is 2.58. The lowest BCUT2D eigenvalue weighted by Gasteiger charge is -2.07. The molecule has 2 aromatic carbocycles. The van der Waals surface area contributed by atoms with Crippen LogP contribution < -0.4 is 0 Å². The van der Waals surface area contributed by atoms with E-state index in [4.69, 9.17) is 4.55 Å². The van der Waals surface area contributed by atoms with E-state index in [0.717, 1.165) is 21.9 Å². The maximum absolute atomic E-state index is 11.1. The Kier molecular flexibility index (Phi) is 2.48. The van der Waals surface area contributed by atoms with Gasteiger partial charge in [-0.25, -0.2) is 0 Å². The summed E-state index contributed by atoms with van der Waals surface area (Å²) < 4.78 is 31.2.